The molecule has 0 aliphatic carbocycles. The molecule has 29 heavy (non-hydrogen) atoms. The van der Waals surface area contributed by atoms with Gasteiger partial charge < -0.3 is 4.42 Å². The van der Waals surface area contributed by atoms with Crippen molar-refractivity contribution in [2.24, 2.45) is 0 Å². The second kappa shape index (κ2) is 8.45. The third-order valence-electron chi connectivity index (χ3n) is 4.42. The van der Waals surface area contributed by atoms with Gasteiger partial charge in [-0.15, -0.1) is 10.2 Å². The lowest BCUT2D eigenvalue weighted by Gasteiger charge is -2.12. The third-order valence-corrected chi connectivity index (χ3v) is 5.50. The van der Waals surface area contributed by atoms with Gasteiger partial charge in [-0.2, -0.15) is 0 Å². The lowest BCUT2D eigenvalue weighted by atomic mass is 10.1. The van der Waals surface area contributed by atoms with Crippen LogP contribution in [0.1, 0.15) is 23.0 Å². The summed E-state index contributed by atoms with van der Waals surface area (Å²) < 4.78 is 20.6. The topological polar surface area (TPSA) is 60.9 Å². The molecule has 0 N–H and O–H groups in total. The SMILES string of the molecule is C[C@H](Sc1nnc(-c2ccccc2)n1Cc1ccco1)C(=O)c1ccc(F)cc1. The van der Waals surface area contributed by atoms with Crippen molar-refractivity contribution in [2.45, 2.75) is 23.9 Å². The Hall–Kier alpha value is -3.19. The molecular weight excluding hydrogens is 389 g/mol. The fraction of sp³-hybridized carbons (Fsp3) is 0.136. The van der Waals surface area contributed by atoms with E-state index in [-0.39, 0.29) is 11.6 Å². The molecule has 0 saturated heterocycles. The Balaban J connectivity index is 1.63. The second-order valence-electron chi connectivity index (χ2n) is 6.47. The normalized spacial score (nSPS) is 12.1. The van der Waals surface area contributed by atoms with E-state index >= 15 is 0 Å². The van der Waals surface area contributed by atoms with Crippen molar-refractivity contribution >= 4 is 17.5 Å². The fourth-order valence-corrected chi connectivity index (χ4v) is 3.86. The molecule has 0 unspecified atom stereocenters. The number of furan rings is 1. The van der Waals surface area contributed by atoms with Crippen molar-refractivity contribution in [1.29, 1.82) is 0 Å². The predicted molar refractivity (Wildman–Crippen MR) is 109 cm³/mol. The minimum Gasteiger partial charge on any atom is -0.467 e. The van der Waals surface area contributed by atoms with Crippen LogP contribution in [-0.4, -0.2) is 25.8 Å². The number of ketones is 1. The van der Waals surface area contributed by atoms with E-state index in [0.29, 0.717) is 23.1 Å². The highest BCUT2D eigenvalue weighted by Gasteiger charge is 2.22. The number of thioether (sulfide) groups is 1. The minimum atomic E-state index is -0.413. The van der Waals surface area contributed by atoms with E-state index in [4.69, 9.17) is 4.42 Å². The summed E-state index contributed by atoms with van der Waals surface area (Å²) in [7, 11) is 0. The summed E-state index contributed by atoms with van der Waals surface area (Å²) in [6.45, 7) is 2.26. The van der Waals surface area contributed by atoms with Crippen molar-refractivity contribution in [3.63, 3.8) is 0 Å². The van der Waals surface area contributed by atoms with Crippen LogP contribution in [0.2, 0.25) is 0 Å². The van der Waals surface area contributed by atoms with Gasteiger partial charge in [0.2, 0.25) is 0 Å². The van der Waals surface area contributed by atoms with Crippen molar-refractivity contribution in [3.05, 3.63) is 90.1 Å². The number of nitrogens with zero attached hydrogens (tertiary/aromatic N) is 3. The molecule has 5 nitrogen and oxygen atoms in total. The quantitative estimate of drug-likeness (QED) is 0.315. The molecule has 0 aliphatic rings. The molecule has 4 aromatic rings. The molecule has 4 rings (SSSR count). The van der Waals surface area contributed by atoms with Crippen molar-refractivity contribution in [2.75, 3.05) is 0 Å². The number of benzene rings is 2. The van der Waals surface area contributed by atoms with Crippen LogP contribution in [-0.2, 0) is 6.54 Å². The maximum atomic E-state index is 13.1. The van der Waals surface area contributed by atoms with Crippen LogP contribution >= 0.6 is 11.8 Å². The van der Waals surface area contributed by atoms with Gasteiger partial charge in [-0.1, -0.05) is 42.1 Å². The zero-order chi connectivity index (χ0) is 20.2. The first-order chi connectivity index (χ1) is 14.1. The Kier molecular flexibility index (Phi) is 5.57. The molecule has 1 atom stereocenters. The van der Waals surface area contributed by atoms with E-state index in [2.05, 4.69) is 10.2 Å². The van der Waals surface area contributed by atoms with Gasteiger partial charge in [0.15, 0.2) is 16.8 Å². The Bertz CT molecular complexity index is 1090. The molecule has 0 fully saturated rings. The van der Waals surface area contributed by atoms with Crippen LogP contribution < -0.4 is 0 Å². The van der Waals surface area contributed by atoms with Crippen LogP contribution in [0.25, 0.3) is 11.4 Å². The summed E-state index contributed by atoms with van der Waals surface area (Å²) in [6, 6.07) is 19.0. The van der Waals surface area contributed by atoms with Gasteiger partial charge in [0, 0.05) is 11.1 Å². The number of hydrogen-bond acceptors (Lipinski definition) is 5. The monoisotopic (exact) mass is 407 g/mol. The summed E-state index contributed by atoms with van der Waals surface area (Å²) in [5, 5.41) is 8.88. The molecular formula is C22H18FN3O2S. The first kappa shape index (κ1) is 19.1. The molecule has 2 heterocycles. The Morgan fingerprint density at radius 2 is 1.83 bits per heavy atom. The highest BCUT2D eigenvalue weighted by Crippen LogP contribution is 2.29. The highest BCUT2D eigenvalue weighted by atomic mass is 32.2. The molecule has 0 saturated carbocycles. The van der Waals surface area contributed by atoms with E-state index < -0.39 is 5.25 Å². The van der Waals surface area contributed by atoms with Crippen molar-refractivity contribution < 1.29 is 13.6 Å². The van der Waals surface area contributed by atoms with Gasteiger partial charge in [-0.3, -0.25) is 9.36 Å². The van der Waals surface area contributed by atoms with E-state index in [1.807, 2.05) is 54.0 Å². The van der Waals surface area contributed by atoms with Crippen LogP contribution in [0.5, 0.6) is 0 Å². The molecule has 146 valence electrons. The molecule has 0 amide bonds. The number of halogens is 1. The molecule has 0 radical (unpaired) electrons. The molecule has 0 aliphatic heterocycles. The number of aromatic nitrogens is 3. The third kappa shape index (κ3) is 4.30. The van der Waals surface area contributed by atoms with Gasteiger partial charge in [-0.05, 0) is 43.3 Å². The van der Waals surface area contributed by atoms with Crippen molar-refractivity contribution in [1.82, 2.24) is 14.8 Å². The van der Waals surface area contributed by atoms with Gasteiger partial charge >= 0.3 is 0 Å². The summed E-state index contributed by atoms with van der Waals surface area (Å²) in [6.07, 6.45) is 1.62. The van der Waals surface area contributed by atoms with E-state index in [0.717, 1.165) is 11.3 Å². The maximum absolute atomic E-state index is 13.1. The van der Waals surface area contributed by atoms with Gasteiger partial charge in [0.25, 0.3) is 0 Å². The summed E-state index contributed by atoms with van der Waals surface area (Å²) in [5.41, 5.74) is 1.39. The number of Topliss-reactive ketones (excluding diaryl/α,β-unsaturated/α-hetero) is 1. The molecule has 0 spiro atoms. The van der Waals surface area contributed by atoms with E-state index in [1.165, 1.54) is 36.0 Å². The second-order valence-corrected chi connectivity index (χ2v) is 7.78. The number of rotatable bonds is 7. The van der Waals surface area contributed by atoms with Crippen molar-refractivity contribution in [3.8, 4) is 11.4 Å². The Morgan fingerprint density at radius 3 is 2.52 bits per heavy atom. The van der Waals surface area contributed by atoms with Crippen LogP contribution in [0.3, 0.4) is 0 Å². The van der Waals surface area contributed by atoms with E-state index in [9.17, 15) is 9.18 Å². The fourth-order valence-electron chi connectivity index (χ4n) is 2.94. The van der Waals surface area contributed by atoms with Crippen LogP contribution in [0, 0.1) is 5.82 Å². The number of carbonyl (C=O) groups excluding carboxylic acids is 1. The highest BCUT2D eigenvalue weighted by molar-refractivity contribution is 8.00. The summed E-state index contributed by atoms with van der Waals surface area (Å²) >= 11 is 1.32. The van der Waals surface area contributed by atoms with Gasteiger partial charge in [-0.25, -0.2) is 4.39 Å². The molecule has 2 aromatic carbocycles. The van der Waals surface area contributed by atoms with Crippen LogP contribution in [0.4, 0.5) is 4.39 Å². The lowest BCUT2D eigenvalue weighted by molar-refractivity contribution is 0.0994. The average Bonchev–Trinajstić information content (AvgIpc) is 3.39. The summed E-state index contributed by atoms with van der Waals surface area (Å²) in [5.74, 6) is 1.00. The predicted octanol–water partition coefficient (Wildman–Crippen LogP) is 5.09. The standard InChI is InChI=1S/C22H18FN3O2S/c1-15(20(27)16-9-11-18(23)12-10-16)29-22-25-24-21(17-6-3-2-4-7-17)26(22)14-19-8-5-13-28-19/h2-13,15H,14H2,1H3/t15-/m0/s1. The largest absolute Gasteiger partial charge is 0.467 e. The zero-order valence-electron chi connectivity index (χ0n) is 15.7. The smallest absolute Gasteiger partial charge is 0.192 e. The first-order valence-electron chi connectivity index (χ1n) is 9.09. The molecule has 0 bridgehead atoms. The minimum absolute atomic E-state index is 0.0937. The summed E-state index contributed by atoms with van der Waals surface area (Å²) in [4.78, 5) is 12.7. The lowest BCUT2D eigenvalue weighted by Crippen LogP contribution is -2.15. The van der Waals surface area contributed by atoms with Gasteiger partial charge in [0.1, 0.15) is 11.6 Å². The Morgan fingerprint density at radius 1 is 1.07 bits per heavy atom. The first-order valence-corrected chi connectivity index (χ1v) is 9.97. The van der Waals surface area contributed by atoms with E-state index in [1.54, 1.807) is 6.26 Å². The number of carbonyl (C=O) groups is 1. The maximum Gasteiger partial charge on any atom is 0.192 e. The number of hydrogen-bond donors (Lipinski definition) is 0. The molecule has 2 aromatic heterocycles. The zero-order valence-corrected chi connectivity index (χ0v) is 16.5. The Labute approximate surface area is 171 Å². The molecule has 7 heteroatoms. The van der Waals surface area contributed by atoms with Crippen LogP contribution in [0.15, 0.2) is 82.6 Å². The average molecular weight is 407 g/mol. The van der Waals surface area contributed by atoms with Gasteiger partial charge in [0.05, 0.1) is 18.1 Å².